The van der Waals surface area contributed by atoms with E-state index in [1.807, 2.05) is 0 Å². The standard InChI is InChI=1S/C20H27N3O5/c1-14-5-9-21(10-6-14)18-4-3-16(23(26)27)13-17(18)19(24)22-11-7-15(8-12-22)20(25)28-2/h3-4,13-15H,5-12H2,1-2H3. The molecule has 3 rings (SSSR count). The largest absolute Gasteiger partial charge is 0.469 e. The molecule has 2 heterocycles. The minimum Gasteiger partial charge on any atom is -0.469 e. The second-order valence-electron chi connectivity index (χ2n) is 7.72. The van der Waals surface area contributed by atoms with Crippen LogP contribution < -0.4 is 4.90 Å². The molecule has 2 fully saturated rings. The van der Waals surface area contributed by atoms with Gasteiger partial charge in [0.25, 0.3) is 11.6 Å². The first-order valence-corrected chi connectivity index (χ1v) is 9.81. The van der Waals surface area contributed by atoms with Gasteiger partial charge in [0.1, 0.15) is 0 Å². The highest BCUT2D eigenvalue weighted by Crippen LogP contribution is 2.31. The molecule has 8 heteroatoms. The zero-order valence-electron chi connectivity index (χ0n) is 16.4. The maximum atomic E-state index is 13.2. The summed E-state index contributed by atoms with van der Waals surface area (Å²) in [4.78, 5) is 39.5. The number of nitro benzene ring substituents is 1. The van der Waals surface area contributed by atoms with E-state index in [0.717, 1.165) is 31.6 Å². The van der Waals surface area contributed by atoms with Crippen LogP contribution in [0.25, 0.3) is 0 Å². The summed E-state index contributed by atoms with van der Waals surface area (Å²) in [7, 11) is 1.37. The lowest BCUT2D eigenvalue weighted by atomic mass is 9.95. The number of carbonyl (C=O) groups is 2. The van der Waals surface area contributed by atoms with Gasteiger partial charge in [-0.05, 0) is 37.7 Å². The van der Waals surface area contributed by atoms with Crippen LogP contribution in [0.2, 0.25) is 0 Å². The molecule has 1 amide bonds. The molecule has 28 heavy (non-hydrogen) atoms. The van der Waals surface area contributed by atoms with Crippen molar-refractivity contribution >= 4 is 23.3 Å². The zero-order valence-corrected chi connectivity index (χ0v) is 16.4. The summed E-state index contributed by atoms with van der Waals surface area (Å²) in [6.45, 7) is 4.77. The number of nitro groups is 1. The van der Waals surface area contributed by atoms with Crippen molar-refractivity contribution in [3.05, 3.63) is 33.9 Å². The van der Waals surface area contributed by atoms with Gasteiger partial charge in [0.15, 0.2) is 0 Å². The van der Waals surface area contributed by atoms with Crippen LogP contribution in [0.1, 0.15) is 43.0 Å². The number of likely N-dealkylation sites (tertiary alicyclic amines) is 1. The lowest BCUT2D eigenvalue weighted by Gasteiger charge is -2.35. The molecule has 0 aromatic heterocycles. The Morgan fingerprint density at radius 2 is 1.75 bits per heavy atom. The van der Waals surface area contributed by atoms with E-state index < -0.39 is 4.92 Å². The Balaban J connectivity index is 1.82. The first kappa shape index (κ1) is 20.1. The van der Waals surface area contributed by atoms with E-state index in [-0.39, 0.29) is 23.5 Å². The Morgan fingerprint density at radius 3 is 2.32 bits per heavy atom. The van der Waals surface area contributed by atoms with Crippen LogP contribution in [0, 0.1) is 22.0 Å². The Hall–Kier alpha value is -2.64. The molecule has 2 aliphatic heterocycles. The molecule has 0 saturated carbocycles. The lowest BCUT2D eigenvalue weighted by Crippen LogP contribution is -2.41. The number of piperidine rings is 2. The van der Waals surface area contributed by atoms with E-state index in [0.29, 0.717) is 37.4 Å². The predicted octanol–water partition coefficient (Wildman–Crippen LogP) is 2.86. The van der Waals surface area contributed by atoms with Gasteiger partial charge in [-0.25, -0.2) is 0 Å². The van der Waals surface area contributed by atoms with Crippen LogP contribution in [0.4, 0.5) is 11.4 Å². The fourth-order valence-electron chi connectivity index (χ4n) is 3.99. The number of carbonyl (C=O) groups excluding carboxylic acids is 2. The second kappa shape index (κ2) is 8.58. The van der Waals surface area contributed by atoms with E-state index in [1.54, 1.807) is 11.0 Å². The predicted molar refractivity (Wildman–Crippen MR) is 104 cm³/mol. The lowest BCUT2D eigenvalue weighted by molar-refractivity contribution is -0.384. The maximum absolute atomic E-state index is 13.2. The molecule has 2 aliphatic rings. The maximum Gasteiger partial charge on any atom is 0.308 e. The molecular formula is C20H27N3O5. The molecule has 0 spiro atoms. The van der Waals surface area contributed by atoms with Gasteiger partial charge < -0.3 is 14.5 Å². The Kier molecular flexibility index (Phi) is 6.16. The first-order chi connectivity index (χ1) is 13.4. The summed E-state index contributed by atoms with van der Waals surface area (Å²) >= 11 is 0. The third-order valence-electron chi connectivity index (χ3n) is 5.86. The van der Waals surface area contributed by atoms with Crippen LogP contribution in [-0.2, 0) is 9.53 Å². The number of rotatable bonds is 4. The first-order valence-electron chi connectivity index (χ1n) is 9.81. The van der Waals surface area contributed by atoms with Gasteiger partial charge in [-0.3, -0.25) is 19.7 Å². The molecule has 1 aromatic rings. The number of nitrogens with zero attached hydrogens (tertiary/aromatic N) is 3. The fourth-order valence-corrected chi connectivity index (χ4v) is 3.99. The molecule has 0 unspecified atom stereocenters. The number of amides is 1. The van der Waals surface area contributed by atoms with Crippen molar-refractivity contribution in [2.75, 3.05) is 38.2 Å². The van der Waals surface area contributed by atoms with E-state index >= 15 is 0 Å². The number of hydrogen-bond donors (Lipinski definition) is 0. The smallest absolute Gasteiger partial charge is 0.308 e. The minimum atomic E-state index is -0.470. The molecule has 0 N–H and O–H groups in total. The molecule has 0 radical (unpaired) electrons. The second-order valence-corrected chi connectivity index (χ2v) is 7.72. The van der Waals surface area contributed by atoms with Gasteiger partial charge in [0.05, 0.1) is 29.2 Å². The van der Waals surface area contributed by atoms with Crippen molar-refractivity contribution < 1.29 is 19.2 Å². The van der Waals surface area contributed by atoms with Crippen LogP contribution in [-0.4, -0.2) is 55.0 Å². The highest BCUT2D eigenvalue weighted by Gasteiger charge is 2.31. The molecule has 0 aliphatic carbocycles. The van der Waals surface area contributed by atoms with Crippen molar-refractivity contribution in [1.82, 2.24) is 4.90 Å². The van der Waals surface area contributed by atoms with Crippen molar-refractivity contribution in [1.29, 1.82) is 0 Å². The van der Waals surface area contributed by atoms with Gasteiger partial charge in [0, 0.05) is 38.3 Å². The summed E-state index contributed by atoms with van der Waals surface area (Å²) < 4.78 is 4.80. The van der Waals surface area contributed by atoms with Crippen molar-refractivity contribution in [2.45, 2.75) is 32.6 Å². The number of methoxy groups -OCH3 is 1. The highest BCUT2D eigenvalue weighted by atomic mass is 16.6. The van der Waals surface area contributed by atoms with E-state index in [2.05, 4.69) is 11.8 Å². The minimum absolute atomic E-state index is 0.0816. The van der Waals surface area contributed by atoms with Gasteiger partial charge in [-0.15, -0.1) is 0 Å². The summed E-state index contributed by atoms with van der Waals surface area (Å²) in [5.74, 6) is -0.000720. The molecule has 2 saturated heterocycles. The summed E-state index contributed by atoms with van der Waals surface area (Å²) in [6, 6.07) is 4.55. The van der Waals surface area contributed by atoms with Crippen LogP contribution >= 0.6 is 0 Å². The van der Waals surface area contributed by atoms with Gasteiger partial charge in [0.2, 0.25) is 0 Å². The third-order valence-corrected chi connectivity index (χ3v) is 5.86. The number of anilines is 1. The van der Waals surface area contributed by atoms with Crippen molar-refractivity contribution in [2.24, 2.45) is 11.8 Å². The highest BCUT2D eigenvalue weighted by molar-refractivity contribution is 6.00. The van der Waals surface area contributed by atoms with E-state index in [1.165, 1.54) is 19.2 Å². The summed E-state index contributed by atoms with van der Waals surface area (Å²) in [5.41, 5.74) is 1.06. The van der Waals surface area contributed by atoms with Crippen LogP contribution in [0.15, 0.2) is 18.2 Å². The molecule has 0 atom stereocenters. The Morgan fingerprint density at radius 1 is 1.11 bits per heavy atom. The topological polar surface area (TPSA) is 93.0 Å². The van der Waals surface area contributed by atoms with Gasteiger partial charge in [-0.1, -0.05) is 6.92 Å². The van der Waals surface area contributed by atoms with E-state index in [9.17, 15) is 19.7 Å². The molecule has 152 valence electrons. The van der Waals surface area contributed by atoms with Crippen molar-refractivity contribution in [3.63, 3.8) is 0 Å². The van der Waals surface area contributed by atoms with E-state index in [4.69, 9.17) is 4.74 Å². The quantitative estimate of drug-likeness (QED) is 0.447. The zero-order chi connectivity index (χ0) is 20.3. The van der Waals surface area contributed by atoms with Gasteiger partial charge in [-0.2, -0.15) is 0 Å². The number of hydrogen-bond acceptors (Lipinski definition) is 6. The van der Waals surface area contributed by atoms with Crippen LogP contribution in [0.3, 0.4) is 0 Å². The Labute approximate surface area is 164 Å². The number of non-ortho nitro benzene ring substituents is 1. The van der Waals surface area contributed by atoms with Gasteiger partial charge >= 0.3 is 5.97 Å². The number of esters is 1. The third kappa shape index (κ3) is 4.26. The summed E-state index contributed by atoms with van der Waals surface area (Å²) in [5, 5.41) is 11.2. The number of ether oxygens (including phenoxy) is 1. The SMILES string of the molecule is COC(=O)C1CCN(C(=O)c2cc([N+](=O)[O-])ccc2N2CCC(C)CC2)CC1. The average molecular weight is 389 g/mol. The summed E-state index contributed by atoms with van der Waals surface area (Å²) in [6.07, 6.45) is 3.16. The number of benzene rings is 1. The van der Waals surface area contributed by atoms with Crippen molar-refractivity contribution in [3.8, 4) is 0 Å². The monoisotopic (exact) mass is 389 g/mol. The molecule has 1 aromatic carbocycles. The Bertz CT molecular complexity index is 750. The fraction of sp³-hybridized carbons (Fsp3) is 0.600. The average Bonchev–Trinajstić information content (AvgIpc) is 2.73. The molecule has 8 nitrogen and oxygen atoms in total. The van der Waals surface area contributed by atoms with Crippen LogP contribution in [0.5, 0.6) is 0 Å². The normalized spacial score (nSPS) is 18.8. The molecule has 0 bridgehead atoms. The molecular weight excluding hydrogens is 362 g/mol.